The maximum atomic E-state index is 12.9. The molecule has 0 aromatic heterocycles. The van der Waals surface area contributed by atoms with Gasteiger partial charge in [0.1, 0.15) is 12.7 Å². The van der Waals surface area contributed by atoms with Gasteiger partial charge in [-0.2, -0.15) is 0 Å². The lowest BCUT2D eigenvalue weighted by Crippen LogP contribution is -2.30. The highest BCUT2D eigenvalue weighted by Crippen LogP contribution is 2.43. The summed E-state index contributed by atoms with van der Waals surface area (Å²) in [6.45, 7) is 4.47. The van der Waals surface area contributed by atoms with Gasteiger partial charge in [0.15, 0.2) is 6.10 Å². The molecule has 0 saturated carbocycles. The normalized spacial score (nSPS) is 13.8. The maximum absolute atomic E-state index is 12.9. The molecule has 0 aliphatic rings. The van der Waals surface area contributed by atoms with E-state index in [-0.39, 0.29) is 25.9 Å². The number of phosphoric ester groups is 1. The number of carbonyl (C=O) groups is 3. The first-order valence-corrected chi connectivity index (χ1v) is 29.7. The van der Waals surface area contributed by atoms with E-state index in [0.717, 1.165) is 135 Å². The summed E-state index contributed by atoms with van der Waals surface area (Å²) >= 11 is 0. The number of aliphatic hydroxyl groups is 1. The molecule has 0 heterocycles. The van der Waals surface area contributed by atoms with Crippen LogP contribution in [0.5, 0.6) is 0 Å². The quantitative estimate of drug-likeness (QED) is 0.0197. The maximum Gasteiger partial charge on any atom is 0.472 e. The van der Waals surface area contributed by atoms with Crippen LogP contribution in [0.3, 0.4) is 0 Å². The molecule has 406 valence electrons. The number of aliphatic hydroxyl groups excluding tert-OH is 1. The average molecular weight is 1010 g/mol. The number of phosphoric acid groups is 1. The number of esters is 3. The van der Waals surface area contributed by atoms with Crippen LogP contribution in [-0.2, 0) is 42.2 Å². The number of unbranched alkanes of at least 4 members (excludes halogenated alkanes) is 25. The first-order valence-electron chi connectivity index (χ1n) is 28.2. The van der Waals surface area contributed by atoms with Crippen molar-refractivity contribution in [2.45, 2.75) is 264 Å². The molecule has 3 atom stereocenters. The van der Waals surface area contributed by atoms with E-state index in [4.69, 9.17) is 23.3 Å². The van der Waals surface area contributed by atoms with E-state index in [0.29, 0.717) is 19.3 Å². The highest BCUT2D eigenvalue weighted by molar-refractivity contribution is 7.47. The van der Waals surface area contributed by atoms with Crippen LogP contribution in [0.2, 0.25) is 0 Å². The van der Waals surface area contributed by atoms with Crippen LogP contribution in [0.1, 0.15) is 252 Å². The number of hydrogen-bond donors (Lipinski definition) is 2. The molecule has 0 aromatic rings. The fourth-order valence-electron chi connectivity index (χ4n) is 7.58. The zero-order valence-corrected chi connectivity index (χ0v) is 45.6. The molecule has 70 heavy (non-hydrogen) atoms. The largest absolute Gasteiger partial charge is 0.472 e. The molecule has 0 spiro atoms. The molecule has 0 radical (unpaired) electrons. The third kappa shape index (κ3) is 50.1. The molecular formula is C58H103O11P. The molecule has 0 aromatic carbocycles. The van der Waals surface area contributed by atoms with Crippen molar-refractivity contribution < 1.29 is 52.2 Å². The second kappa shape index (κ2) is 52.5. The van der Waals surface area contributed by atoms with E-state index in [1.807, 2.05) is 0 Å². The Labute approximate surface area is 427 Å². The van der Waals surface area contributed by atoms with E-state index >= 15 is 0 Å². The van der Waals surface area contributed by atoms with Crippen LogP contribution in [0.4, 0.5) is 0 Å². The first kappa shape index (κ1) is 67.2. The molecule has 0 aliphatic carbocycles. The van der Waals surface area contributed by atoms with Crippen molar-refractivity contribution in [3.63, 3.8) is 0 Å². The Morgan fingerprint density at radius 2 is 0.757 bits per heavy atom. The molecular weight excluding hydrogens is 904 g/mol. The van der Waals surface area contributed by atoms with Gasteiger partial charge in [-0.3, -0.25) is 23.4 Å². The monoisotopic (exact) mass is 1010 g/mol. The molecule has 0 rings (SSSR count). The average Bonchev–Trinajstić information content (AvgIpc) is 3.35. The van der Waals surface area contributed by atoms with Gasteiger partial charge < -0.3 is 24.2 Å². The van der Waals surface area contributed by atoms with Gasteiger partial charge in [-0.1, -0.05) is 197 Å². The number of allylic oxidation sites excluding steroid dienone is 10. The molecule has 0 amide bonds. The fourth-order valence-corrected chi connectivity index (χ4v) is 8.37. The number of hydrogen-bond acceptors (Lipinski definition) is 10. The molecule has 3 unspecified atom stereocenters. The first-order chi connectivity index (χ1) is 34.2. The summed E-state index contributed by atoms with van der Waals surface area (Å²) in [5.74, 6) is -1.49. The topological polar surface area (TPSA) is 155 Å². The van der Waals surface area contributed by atoms with Gasteiger partial charge in [0.05, 0.1) is 19.8 Å². The standard InChI is InChI=1S/C58H103O11P/c1-4-7-10-13-16-19-22-24-26-27-29-31-34-37-40-43-46-49-58(62)69-55(51-65-56(60)47-44-41-38-35-33-30-28-25-23-20-17-14-11-8-5-2)53-67-70(63,64)66-52-54(50-59)68-57(61)48-45-42-39-36-32-21-18-15-12-9-6-3/h7,10,15-16,18-19,24-26,28,54-55,59H,4-6,8-9,11-14,17,20-23,27,29-53H2,1-3H3,(H,63,64)/b10-7-,18-15-,19-16-,26-24-,28-25-. The summed E-state index contributed by atoms with van der Waals surface area (Å²) in [5, 5.41) is 9.78. The predicted molar refractivity (Wildman–Crippen MR) is 288 cm³/mol. The Balaban J connectivity index is 4.76. The lowest BCUT2D eigenvalue weighted by atomic mass is 10.1. The van der Waals surface area contributed by atoms with Gasteiger partial charge >= 0.3 is 25.7 Å². The van der Waals surface area contributed by atoms with Crippen molar-refractivity contribution in [2.75, 3.05) is 26.4 Å². The Morgan fingerprint density at radius 1 is 0.414 bits per heavy atom. The fraction of sp³-hybridized carbons (Fsp3) is 0.776. The second-order valence-electron chi connectivity index (χ2n) is 18.7. The Bertz CT molecular complexity index is 1410. The lowest BCUT2D eigenvalue weighted by molar-refractivity contribution is -0.161. The molecule has 12 heteroatoms. The predicted octanol–water partition coefficient (Wildman–Crippen LogP) is 16.4. The van der Waals surface area contributed by atoms with Gasteiger partial charge in [-0.15, -0.1) is 0 Å². The third-order valence-corrected chi connectivity index (χ3v) is 12.8. The molecule has 0 bridgehead atoms. The van der Waals surface area contributed by atoms with Crippen molar-refractivity contribution >= 4 is 25.7 Å². The van der Waals surface area contributed by atoms with E-state index in [2.05, 4.69) is 81.5 Å². The number of carbonyl (C=O) groups excluding carboxylic acids is 3. The van der Waals surface area contributed by atoms with Gasteiger partial charge in [0.2, 0.25) is 0 Å². The highest BCUT2D eigenvalue weighted by atomic mass is 31.2. The molecule has 0 fully saturated rings. The van der Waals surface area contributed by atoms with Gasteiger partial charge in [0, 0.05) is 19.3 Å². The van der Waals surface area contributed by atoms with Crippen LogP contribution in [0, 0.1) is 0 Å². The van der Waals surface area contributed by atoms with E-state index < -0.39 is 57.8 Å². The van der Waals surface area contributed by atoms with Crippen molar-refractivity contribution in [1.29, 1.82) is 0 Å². The van der Waals surface area contributed by atoms with Crippen LogP contribution >= 0.6 is 7.82 Å². The highest BCUT2D eigenvalue weighted by Gasteiger charge is 2.28. The summed E-state index contributed by atoms with van der Waals surface area (Å²) in [5.41, 5.74) is 0. The van der Waals surface area contributed by atoms with Crippen molar-refractivity contribution in [1.82, 2.24) is 0 Å². The van der Waals surface area contributed by atoms with Gasteiger partial charge in [0.25, 0.3) is 0 Å². The smallest absolute Gasteiger partial charge is 0.462 e. The minimum atomic E-state index is -4.75. The van der Waals surface area contributed by atoms with Crippen molar-refractivity contribution in [2.24, 2.45) is 0 Å². The van der Waals surface area contributed by atoms with E-state index in [9.17, 15) is 28.9 Å². The number of rotatable bonds is 52. The summed E-state index contributed by atoms with van der Waals surface area (Å²) in [6.07, 6.45) is 56.1. The van der Waals surface area contributed by atoms with Crippen molar-refractivity contribution in [3.8, 4) is 0 Å². The summed E-state index contributed by atoms with van der Waals surface area (Å²) < 4.78 is 39.4. The lowest BCUT2D eigenvalue weighted by Gasteiger charge is -2.21. The zero-order chi connectivity index (χ0) is 51.3. The molecule has 0 saturated heterocycles. The van der Waals surface area contributed by atoms with Crippen LogP contribution in [-0.4, -0.2) is 66.5 Å². The van der Waals surface area contributed by atoms with Gasteiger partial charge in [-0.05, 0) is 96.3 Å². The van der Waals surface area contributed by atoms with Crippen LogP contribution in [0.15, 0.2) is 60.8 Å². The minimum absolute atomic E-state index is 0.154. The van der Waals surface area contributed by atoms with Crippen LogP contribution in [0.25, 0.3) is 0 Å². The third-order valence-electron chi connectivity index (χ3n) is 11.9. The summed E-state index contributed by atoms with van der Waals surface area (Å²) in [6, 6.07) is 0. The van der Waals surface area contributed by atoms with E-state index in [1.165, 1.54) is 57.8 Å². The summed E-state index contributed by atoms with van der Waals surface area (Å²) in [7, 11) is -4.75. The Hall–Kier alpha value is -2.82. The van der Waals surface area contributed by atoms with Crippen molar-refractivity contribution in [3.05, 3.63) is 60.8 Å². The summed E-state index contributed by atoms with van der Waals surface area (Å²) in [4.78, 5) is 48.4. The number of ether oxygens (including phenoxy) is 3. The van der Waals surface area contributed by atoms with Crippen LogP contribution < -0.4 is 0 Å². The Morgan fingerprint density at radius 3 is 1.20 bits per heavy atom. The molecule has 0 aliphatic heterocycles. The SMILES string of the molecule is CC/C=C\C/C=C\C/C=C\CCCCCCCCCC(=O)OC(COC(=O)CCCCCCC/C=C\CCCCCCCC)COP(=O)(O)OCC(CO)OC(=O)CCCCCCC/C=C\CCCC. The molecule has 2 N–H and O–H groups in total. The van der Waals surface area contributed by atoms with Gasteiger partial charge in [-0.25, -0.2) is 4.57 Å². The Kier molecular flexibility index (Phi) is 50.4. The molecule has 11 nitrogen and oxygen atoms in total. The van der Waals surface area contributed by atoms with E-state index in [1.54, 1.807) is 0 Å². The zero-order valence-electron chi connectivity index (χ0n) is 44.7. The second-order valence-corrected chi connectivity index (χ2v) is 20.2. The minimum Gasteiger partial charge on any atom is -0.462 e.